The fraction of sp³-hybridized carbons (Fsp3) is 0.294. The zero-order valence-electron chi connectivity index (χ0n) is 12.7. The summed E-state index contributed by atoms with van der Waals surface area (Å²) in [5.41, 5.74) is 3.78. The maximum Gasteiger partial charge on any atom is 0.259 e. The summed E-state index contributed by atoms with van der Waals surface area (Å²) in [6.45, 7) is 4.18. The molecule has 0 saturated heterocycles. The number of carbonyl (C=O) groups is 1. The number of nitrogens with zero attached hydrogens (tertiary/aromatic N) is 1. The van der Waals surface area contributed by atoms with Gasteiger partial charge in [0.05, 0.1) is 5.56 Å². The van der Waals surface area contributed by atoms with Crippen molar-refractivity contribution in [1.29, 1.82) is 0 Å². The van der Waals surface area contributed by atoms with E-state index in [0.29, 0.717) is 11.4 Å². The standard InChI is InChI=1S/C17H21N3O/c1-4-12-8-6-9-13(5-2)15(12)20-17(21)14-10-7-11-19-16(14)18-3/h6-11H,4-5H2,1-3H3,(H,18,19)(H,20,21). The van der Waals surface area contributed by atoms with E-state index in [1.165, 1.54) is 0 Å². The lowest BCUT2D eigenvalue weighted by Gasteiger charge is -2.15. The molecular formula is C17H21N3O. The van der Waals surface area contributed by atoms with E-state index in [9.17, 15) is 4.79 Å². The van der Waals surface area contributed by atoms with E-state index in [1.54, 1.807) is 25.4 Å². The van der Waals surface area contributed by atoms with E-state index in [1.807, 2.05) is 6.07 Å². The van der Waals surface area contributed by atoms with E-state index in [2.05, 4.69) is 41.6 Å². The van der Waals surface area contributed by atoms with Gasteiger partial charge in [0.15, 0.2) is 0 Å². The van der Waals surface area contributed by atoms with Crippen LogP contribution in [0.4, 0.5) is 11.5 Å². The minimum absolute atomic E-state index is 0.136. The lowest BCUT2D eigenvalue weighted by atomic mass is 10.0. The van der Waals surface area contributed by atoms with Crippen molar-refractivity contribution in [1.82, 2.24) is 4.98 Å². The highest BCUT2D eigenvalue weighted by atomic mass is 16.1. The number of pyridine rings is 1. The number of benzene rings is 1. The van der Waals surface area contributed by atoms with E-state index in [0.717, 1.165) is 29.7 Å². The Hall–Kier alpha value is -2.36. The normalized spacial score (nSPS) is 10.2. The van der Waals surface area contributed by atoms with Crippen LogP contribution in [-0.4, -0.2) is 17.9 Å². The third kappa shape index (κ3) is 3.21. The molecule has 0 saturated carbocycles. The lowest BCUT2D eigenvalue weighted by Crippen LogP contribution is -2.17. The second-order valence-corrected chi connectivity index (χ2v) is 4.76. The maximum atomic E-state index is 12.5. The Morgan fingerprint density at radius 3 is 2.33 bits per heavy atom. The summed E-state index contributed by atoms with van der Waals surface area (Å²) >= 11 is 0. The minimum atomic E-state index is -0.136. The largest absolute Gasteiger partial charge is 0.372 e. The number of nitrogens with one attached hydrogen (secondary N) is 2. The molecule has 110 valence electrons. The first kappa shape index (κ1) is 15.0. The van der Waals surface area contributed by atoms with Gasteiger partial charge in [0.1, 0.15) is 5.82 Å². The molecule has 4 nitrogen and oxygen atoms in total. The van der Waals surface area contributed by atoms with Crippen LogP contribution >= 0.6 is 0 Å². The van der Waals surface area contributed by atoms with Gasteiger partial charge in [-0.1, -0.05) is 32.0 Å². The van der Waals surface area contributed by atoms with Crippen LogP contribution in [0.2, 0.25) is 0 Å². The molecule has 2 rings (SSSR count). The number of para-hydroxylation sites is 1. The smallest absolute Gasteiger partial charge is 0.259 e. The number of aryl methyl sites for hydroxylation is 2. The Bertz CT molecular complexity index is 615. The molecule has 1 aromatic carbocycles. The monoisotopic (exact) mass is 283 g/mol. The molecule has 4 heteroatoms. The van der Waals surface area contributed by atoms with Crippen LogP contribution in [0.5, 0.6) is 0 Å². The van der Waals surface area contributed by atoms with Gasteiger partial charge >= 0.3 is 0 Å². The molecule has 1 amide bonds. The number of aromatic nitrogens is 1. The van der Waals surface area contributed by atoms with Gasteiger partial charge in [-0.15, -0.1) is 0 Å². The van der Waals surface area contributed by atoms with Gasteiger partial charge in [-0.3, -0.25) is 4.79 Å². The molecule has 0 fully saturated rings. The number of hydrogen-bond acceptors (Lipinski definition) is 3. The predicted octanol–water partition coefficient (Wildman–Crippen LogP) is 3.50. The van der Waals surface area contributed by atoms with E-state index in [-0.39, 0.29) is 5.91 Å². The molecular weight excluding hydrogens is 262 g/mol. The molecule has 0 aliphatic heterocycles. The SMILES string of the molecule is CCc1cccc(CC)c1NC(=O)c1cccnc1NC. The van der Waals surface area contributed by atoms with Gasteiger partial charge in [-0.25, -0.2) is 4.98 Å². The van der Waals surface area contributed by atoms with Gasteiger partial charge in [-0.05, 0) is 36.1 Å². The van der Waals surface area contributed by atoms with Crippen molar-refractivity contribution in [2.24, 2.45) is 0 Å². The first-order valence-corrected chi connectivity index (χ1v) is 7.26. The molecule has 0 radical (unpaired) electrons. The van der Waals surface area contributed by atoms with Crippen molar-refractivity contribution in [3.05, 3.63) is 53.2 Å². The van der Waals surface area contributed by atoms with Crippen molar-refractivity contribution < 1.29 is 4.79 Å². The first-order chi connectivity index (χ1) is 10.2. The minimum Gasteiger partial charge on any atom is -0.372 e. The van der Waals surface area contributed by atoms with Gasteiger partial charge in [0.25, 0.3) is 5.91 Å². The van der Waals surface area contributed by atoms with Crippen molar-refractivity contribution in [2.45, 2.75) is 26.7 Å². The van der Waals surface area contributed by atoms with Crippen molar-refractivity contribution in [2.75, 3.05) is 17.7 Å². The second-order valence-electron chi connectivity index (χ2n) is 4.76. The van der Waals surface area contributed by atoms with Crippen LogP contribution in [-0.2, 0) is 12.8 Å². The number of carbonyl (C=O) groups excluding carboxylic acids is 1. The van der Waals surface area contributed by atoms with Crippen LogP contribution in [0, 0.1) is 0 Å². The van der Waals surface area contributed by atoms with Crippen molar-refractivity contribution >= 4 is 17.4 Å². The third-order valence-electron chi connectivity index (χ3n) is 3.53. The molecule has 0 atom stereocenters. The highest BCUT2D eigenvalue weighted by Crippen LogP contribution is 2.24. The Labute approximate surface area is 125 Å². The molecule has 1 heterocycles. The number of amides is 1. The first-order valence-electron chi connectivity index (χ1n) is 7.26. The van der Waals surface area contributed by atoms with Crippen LogP contribution < -0.4 is 10.6 Å². The summed E-state index contributed by atoms with van der Waals surface area (Å²) in [5, 5.41) is 6.00. The number of hydrogen-bond donors (Lipinski definition) is 2. The highest BCUT2D eigenvalue weighted by Gasteiger charge is 2.14. The molecule has 0 spiro atoms. The molecule has 0 aliphatic rings. The van der Waals surface area contributed by atoms with E-state index < -0.39 is 0 Å². The average Bonchev–Trinajstić information content (AvgIpc) is 2.54. The predicted molar refractivity (Wildman–Crippen MR) is 86.9 cm³/mol. The fourth-order valence-electron chi connectivity index (χ4n) is 2.37. The Balaban J connectivity index is 2.36. The van der Waals surface area contributed by atoms with Crippen LogP contribution in [0.1, 0.15) is 35.3 Å². The van der Waals surface area contributed by atoms with Gasteiger partial charge in [-0.2, -0.15) is 0 Å². The molecule has 2 aromatic rings. The fourth-order valence-corrected chi connectivity index (χ4v) is 2.37. The van der Waals surface area contributed by atoms with Crippen molar-refractivity contribution in [3.8, 4) is 0 Å². The van der Waals surface area contributed by atoms with Crippen LogP contribution in [0.25, 0.3) is 0 Å². The highest BCUT2D eigenvalue weighted by molar-refractivity contribution is 6.08. The van der Waals surface area contributed by atoms with Crippen molar-refractivity contribution in [3.63, 3.8) is 0 Å². The Morgan fingerprint density at radius 1 is 1.10 bits per heavy atom. The third-order valence-corrected chi connectivity index (χ3v) is 3.53. The number of anilines is 2. The topological polar surface area (TPSA) is 54.0 Å². The molecule has 1 aromatic heterocycles. The zero-order chi connectivity index (χ0) is 15.2. The van der Waals surface area contributed by atoms with Crippen LogP contribution in [0.3, 0.4) is 0 Å². The summed E-state index contributed by atoms with van der Waals surface area (Å²) in [6, 6.07) is 9.68. The summed E-state index contributed by atoms with van der Waals surface area (Å²) in [5.74, 6) is 0.449. The summed E-state index contributed by atoms with van der Waals surface area (Å²) in [6.07, 6.45) is 3.44. The van der Waals surface area contributed by atoms with Crippen LogP contribution in [0.15, 0.2) is 36.5 Å². The number of rotatable bonds is 5. The Kier molecular flexibility index (Phi) is 4.93. The van der Waals surface area contributed by atoms with Gasteiger partial charge in [0, 0.05) is 18.9 Å². The maximum absolute atomic E-state index is 12.5. The van der Waals surface area contributed by atoms with E-state index in [4.69, 9.17) is 0 Å². The molecule has 0 bridgehead atoms. The van der Waals surface area contributed by atoms with Gasteiger partial charge in [0.2, 0.25) is 0 Å². The summed E-state index contributed by atoms with van der Waals surface area (Å²) < 4.78 is 0. The van der Waals surface area contributed by atoms with Gasteiger partial charge < -0.3 is 10.6 Å². The molecule has 2 N–H and O–H groups in total. The Morgan fingerprint density at radius 2 is 1.76 bits per heavy atom. The average molecular weight is 283 g/mol. The zero-order valence-corrected chi connectivity index (χ0v) is 12.7. The summed E-state index contributed by atoms with van der Waals surface area (Å²) in [7, 11) is 1.76. The van der Waals surface area contributed by atoms with E-state index >= 15 is 0 Å². The molecule has 21 heavy (non-hydrogen) atoms. The summed E-state index contributed by atoms with van der Waals surface area (Å²) in [4.78, 5) is 16.7. The second kappa shape index (κ2) is 6.88. The molecule has 0 unspecified atom stereocenters. The molecule has 0 aliphatic carbocycles. The lowest BCUT2D eigenvalue weighted by molar-refractivity contribution is 0.102. The quantitative estimate of drug-likeness (QED) is 0.883.